The number of nitrogens with one attached hydrogen (secondary N) is 1. The van der Waals surface area contributed by atoms with Gasteiger partial charge in [-0.1, -0.05) is 12.1 Å². The number of carbonyl (C=O) groups is 2. The van der Waals surface area contributed by atoms with Gasteiger partial charge in [0.15, 0.2) is 5.78 Å². The molecule has 0 saturated heterocycles. The number of carbonyl (C=O) groups excluding carboxylic acids is 2. The van der Waals surface area contributed by atoms with Crippen molar-refractivity contribution in [3.63, 3.8) is 0 Å². The average Bonchev–Trinajstić information content (AvgIpc) is 2.26. The van der Waals surface area contributed by atoms with Crippen molar-refractivity contribution >= 4 is 11.7 Å². The Hall–Kier alpha value is -1.78. The van der Waals surface area contributed by atoms with E-state index in [0.717, 1.165) is 0 Å². The molecular formula is C11H11F2NO2. The topological polar surface area (TPSA) is 46.2 Å². The van der Waals surface area contributed by atoms with E-state index in [1.54, 1.807) is 6.07 Å². The summed E-state index contributed by atoms with van der Waals surface area (Å²) in [5, 5.41) is 2.06. The third kappa shape index (κ3) is 3.42. The summed E-state index contributed by atoms with van der Waals surface area (Å²) in [5.41, 5.74) is 0.582. The van der Waals surface area contributed by atoms with E-state index in [-0.39, 0.29) is 11.3 Å². The molecule has 0 fully saturated rings. The quantitative estimate of drug-likeness (QED) is 0.798. The maximum atomic E-state index is 11.8. The van der Waals surface area contributed by atoms with Crippen molar-refractivity contribution in [2.75, 3.05) is 6.54 Å². The van der Waals surface area contributed by atoms with Crippen LogP contribution in [0.25, 0.3) is 0 Å². The second kappa shape index (κ2) is 5.34. The van der Waals surface area contributed by atoms with Crippen LogP contribution in [0.2, 0.25) is 0 Å². The van der Waals surface area contributed by atoms with E-state index in [9.17, 15) is 18.4 Å². The van der Waals surface area contributed by atoms with Gasteiger partial charge in [0.1, 0.15) is 0 Å². The summed E-state index contributed by atoms with van der Waals surface area (Å²) < 4.78 is 23.7. The first-order chi connectivity index (χ1) is 7.50. The van der Waals surface area contributed by atoms with E-state index in [1.165, 1.54) is 25.1 Å². The van der Waals surface area contributed by atoms with Crippen molar-refractivity contribution in [2.24, 2.45) is 0 Å². The van der Waals surface area contributed by atoms with Gasteiger partial charge in [0.2, 0.25) is 0 Å². The number of Topliss-reactive ketones (excluding diaryl/α,β-unsaturated/α-hetero) is 1. The molecule has 1 aromatic carbocycles. The number of halogens is 2. The van der Waals surface area contributed by atoms with Crippen LogP contribution in [0.3, 0.4) is 0 Å². The molecular weight excluding hydrogens is 216 g/mol. The highest BCUT2D eigenvalue weighted by atomic mass is 19.3. The van der Waals surface area contributed by atoms with Crippen LogP contribution >= 0.6 is 0 Å². The van der Waals surface area contributed by atoms with Crippen LogP contribution in [-0.2, 0) is 0 Å². The van der Waals surface area contributed by atoms with Crippen LogP contribution in [0.4, 0.5) is 8.78 Å². The van der Waals surface area contributed by atoms with Crippen molar-refractivity contribution in [3.05, 3.63) is 35.4 Å². The van der Waals surface area contributed by atoms with Crippen molar-refractivity contribution in [2.45, 2.75) is 13.3 Å². The summed E-state index contributed by atoms with van der Waals surface area (Å²) in [6, 6.07) is 5.94. The van der Waals surface area contributed by atoms with E-state index in [0.29, 0.717) is 5.56 Å². The summed E-state index contributed by atoms with van der Waals surface area (Å²) in [7, 11) is 0. The Bertz CT molecular complexity index is 405. The largest absolute Gasteiger partial charge is 0.346 e. The molecule has 1 rings (SSSR count). The van der Waals surface area contributed by atoms with E-state index in [2.05, 4.69) is 5.32 Å². The Morgan fingerprint density at radius 3 is 2.50 bits per heavy atom. The van der Waals surface area contributed by atoms with Gasteiger partial charge in [-0.25, -0.2) is 8.78 Å². The molecule has 5 heteroatoms. The number of rotatable bonds is 4. The second-order valence-corrected chi connectivity index (χ2v) is 3.24. The number of hydrogen-bond acceptors (Lipinski definition) is 2. The van der Waals surface area contributed by atoms with Gasteiger partial charge in [-0.15, -0.1) is 0 Å². The first-order valence-corrected chi connectivity index (χ1v) is 4.68. The third-order valence-electron chi connectivity index (χ3n) is 1.95. The first kappa shape index (κ1) is 12.3. The molecule has 0 aliphatic heterocycles. The summed E-state index contributed by atoms with van der Waals surface area (Å²) >= 11 is 0. The van der Waals surface area contributed by atoms with Crippen LogP contribution in [-0.4, -0.2) is 24.7 Å². The minimum Gasteiger partial charge on any atom is -0.346 e. The maximum absolute atomic E-state index is 11.8. The zero-order valence-corrected chi connectivity index (χ0v) is 8.67. The summed E-state index contributed by atoms with van der Waals surface area (Å²) in [5.74, 6) is -0.785. The molecule has 0 unspecified atom stereocenters. The highest BCUT2D eigenvalue weighted by Gasteiger charge is 2.10. The van der Waals surface area contributed by atoms with Crippen LogP contribution in [0.5, 0.6) is 0 Å². The molecule has 0 heterocycles. The van der Waals surface area contributed by atoms with E-state index >= 15 is 0 Å². The minimum atomic E-state index is -2.58. The SMILES string of the molecule is CC(=O)c1cccc(C(=O)NCC(F)F)c1. The van der Waals surface area contributed by atoms with E-state index in [4.69, 9.17) is 0 Å². The zero-order valence-electron chi connectivity index (χ0n) is 8.67. The van der Waals surface area contributed by atoms with Crippen LogP contribution in [0, 0.1) is 0 Å². The average molecular weight is 227 g/mol. The van der Waals surface area contributed by atoms with Gasteiger partial charge < -0.3 is 5.32 Å². The van der Waals surface area contributed by atoms with Crippen molar-refractivity contribution < 1.29 is 18.4 Å². The van der Waals surface area contributed by atoms with Gasteiger partial charge in [0, 0.05) is 11.1 Å². The van der Waals surface area contributed by atoms with Crippen molar-refractivity contribution in [1.29, 1.82) is 0 Å². The molecule has 1 amide bonds. The van der Waals surface area contributed by atoms with Crippen LogP contribution in [0.1, 0.15) is 27.6 Å². The van der Waals surface area contributed by atoms with Gasteiger partial charge in [-0.2, -0.15) is 0 Å². The number of hydrogen-bond donors (Lipinski definition) is 1. The minimum absolute atomic E-state index is 0.177. The summed E-state index contributed by atoms with van der Waals surface area (Å²) in [6.45, 7) is 0.680. The predicted molar refractivity (Wildman–Crippen MR) is 54.8 cm³/mol. The summed E-state index contributed by atoms with van der Waals surface area (Å²) in [6.07, 6.45) is -2.58. The van der Waals surface area contributed by atoms with Gasteiger partial charge in [0.25, 0.3) is 12.3 Å². The first-order valence-electron chi connectivity index (χ1n) is 4.68. The van der Waals surface area contributed by atoms with E-state index < -0.39 is 18.9 Å². The van der Waals surface area contributed by atoms with Crippen molar-refractivity contribution in [3.8, 4) is 0 Å². The fourth-order valence-electron chi connectivity index (χ4n) is 1.15. The Labute approximate surface area is 91.5 Å². The highest BCUT2D eigenvalue weighted by molar-refractivity contribution is 5.99. The molecule has 1 aromatic rings. The Morgan fingerprint density at radius 1 is 1.31 bits per heavy atom. The van der Waals surface area contributed by atoms with Gasteiger partial charge in [0.05, 0.1) is 6.54 Å². The lowest BCUT2D eigenvalue weighted by molar-refractivity contribution is 0.0891. The van der Waals surface area contributed by atoms with Crippen LogP contribution in [0.15, 0.2) is 24.3 Å². The summed E-state index contributed by atoms with van der Waals surface area (Å²) in [4.78, 5) is 22.4. The molecule has 0 aliphatic rings. The van der Waals surface area contributed by atoms with Gasteiger partial charge >= 0.3 is 0 Å². The lowest BCUT2D eigenvalue weighted by atomic mass is 10.1. The number of ketones is 1. The molecule has 3 nitrogen and oxygen atoms in total. The van der Waals surface area contributed by atoms with Crippen molar-refractivity contribution in [1.82, 2.24) is 5.32 Å². The monoisotopic (exact) mass is 227 g/mol. The molecule has 0 bridgehead atoms. The number of amides is 1. The third-order valence-corrected chi connectivity index (χ3v) is 1.95. The molecule has 0 atom stereocenters. The predicted octanol–water partition coefficient (Wildman–Crippen LogP) is 1.88. The molecule has 0 aromatic heterocycles. The standard InChI is InChI=1S/C11H11F2NO2/c1-7(15)8-3-2-4-9(5-8)11(16)14-6-10(12)13/h2-5,10H,6H2,1H3,(H,14,16). The Balaban J connectivity index is 2.76. The Morgan fingerprint density at radius 2 is 1.94 bits per heavy atom. The van der Waals surface area contributed by atoms with Gasteiger partial charge in [-0.3, -0.25) is 9.59 Å². The molecule has 16 heavy (non-hydrogen) atoms. The fourth-order valence-corrected chi connectivity index (χ4v) is 1.15. The number of benzene rings is 1. The van der Waals surface area contributed by atoms with E-state index in [1.807, 2.05) is 0 Å². The fraction of sp³-hybridized carbons (Fsp3) is 0.273. The molecule has 0 spiro atoms. The second-order valence-electron chi connectivity index (χ2n) is 3.24. The Kier molecular flexibility index (Phi) is 4.10. The molecule has 1 N–H and O–H groups in total. The van der Waals surface area contributed by atoms with Gasteiger partial charge in [-0.05, 0) is 19.1 Å². The molecule has 0 saturated carbocycles. The normalized spacial score (nSPS) is 10.2. The maximum Gasteiger partial charge on any atom is 0.255 e. The molecule has 0 aliphatic carbocycles. The lowest BCUT2D eigenvalue weighted by Crippen LogP contribution is -2.28. The smallest absolute Gasteiger partial charge is 0.255 e. The highest BCUT2D eigenvalue weighted by Crippen LogP contribution is 2.06. The molecule has 0 radical (unpaired) electrons. The number of alkyl halides is 2. The van der Waals surface area contributed by atoms with Crippen LogP contribution < -0.4 is 5.32 Å². The zero-order chi connectivity index (χ0) is 12.1. The lowest BCUT2D eigenvalue weighted by Gasteiger charge is -2.05. The molecule has 86 valence electrons.